The summed E-state index contributed by atoms with van der Waals surface area (Å²) in [7, 11) is 0. The van der Waals surface area contributed by atoms with Crippen molar-refractivity contribution in [2.75, 3.05) is 0 Å². The van der Waals surface area contributed by atoms with Gasteiger partial charge in [0.25, 0.3) is 0 Å². The van der Waals surface area contributed by atoms with Crippen LogP contribution in [0.1, 0.15) is 27.2 Å². The van der Waals surface area contributed by atoms with Crippen LogP contribution in [0, 0.1) is 0 Å². The van der Waals surface area contributed by atoms with Crippen LogP contribution in [-0.2, 0) is 0 Å². The minimum absolute atomic E-state index is 0. The third-order valence-corrected chi connectivity index (χ3v) is 10.8. The van der Waals surface area contributed by atoms with E-state index in [9.17, 15) is 0 Å². The summed E-state index contributed by atoms with van der Waals surface area (Å²) in [6.45, 7) is 7.05. The first-order chi connectivity index (χ1) is 3.85. The van der Waals surface area contributed by atoms with Crippen molar-refractivity contribution in [3.63, 3.8) is 0 Å². The van der Waals surface area contributed by atoms with E-state index in [1.54, 1.807) is 13.3 Å². The van der Waals surface area contributed by atoms with Gasteiger partial charge in [-0.05, 0) is 0 Å². The molecule has 0 atom stereocenters. The van der Waals surface area contributed by atoms with E-state index in [0.717, 1.165) is 0 Å². The van der Waals surface area contributed by atoms with Crippen molar-refractivity contribution in [2.45, 2.75) is 40.5 Å². The van der Waals surface area contributed by atoms with Gasteiger partial charge in [0.05, 0.1) is 0 Å². The van der Waals surface area contributed by atoms with Gasteiger partial charge >= 0.3 is 60.3 Å². The minimum atomic E-state index is -0.688. The predicted octanol–water partition coefficient (Wildman–Crippen LogP) is 3.35. The average Bonchev–Trinajstić information content (AvgIpc) is 1.83. The molecule has 0 N–H and O–H groups in total. The Labute approximate surface area is 72.6 Å². The number of rotatable bonds is 4. The van der Waals surface area contributed by atoms with Crippen LogP contribution < -0.4 is 0 Å². The Kier molecular flexibility index (Phi) is 12.9. The summed E-state index contributed by atoms with van der Waals surface area (Å²) < 4.78 is 4.74. The molecule has 0 aliphatic heterocycles. The molecule has 0 saturated heterocycles. The third kappa shape index (κ3) is 6.98. The minimum Gasteiger partial charge on any atom is -0.147 e. The molecular weight excluding hydrogens is 238 g/mol. The maximum Gasteiger partial charge on any atom is -0.147 e. The largest absolute Gasteiger partial charge is 0.147 e. The molecule has 1 radical (unpaired) electrons. The van der Waals surface area contributed by atoms with Crippen LogP contribution in [-0.4, -0.2) is 19.8 Å². The van der Waals surface area contributed by atoms with Crippen LogP contribution in [0.5, 0.6) is 0 Å². The van der Waals surface area contributed by atoms with Gasteiger partial charge in [0.15, 0.2) is 0 Å². The topological polar surface area (TPSA) is 0 Å². The third-order valence-electron chi connectivity index (χ3n) is 1.60. The molecule has 0 rings (SSSR count). The summed E-state index contributed by atoms with van der Waals surface area (Å²) in [5, 5.41) is 0. The molecule has 0 aromatic carbocycles. The van der Waals surface area contributed by atoms with Crippen LogP contribution in [0.4, 0.5) is 0 Å². The van der Waals surface area contributed by atoms with Crippen molar-refractivity contribution < 1.29 is 0 Å². The van der Waals surface area contributed by atoms with Gasteiger partial charge in [-0.3, -0.25) is 0 Å². The van der Waals surface area contributed by atoms with E-state index < -0.39 is 19.8 Å². The Hall–Kier alpha value is 1.09. The average molecular weight is 256 g/mol. The fourth-order valence-electron chi connectivity index (χ4n) is 0.957. The van der Waals surface area contributed by atoms with Crippen molar-refractivity contribution >= 4 is 32.2 Å². The Morgan fingerprint density at radius 1 is 1.00 bits per heavy atom. The molecule has 0 aliphatic carbocycles. The van der Waals surface area contributed by atoms with Crippen molar-refractivity contribution in [3.05, 3.63) is 0 Å². The monoisotopic (exact) mass is 257 g/mol. The Morgan fingerprint density at radius 2 is 1.44 bits per heavy atom. The molecule has 0 spiro atoms. The fourth-order valence-corrected chi connectivity index (χ4v) is 6.42. The zero-order chi connectivity index (χ0) is 6.41. The summed E-state index contributed by atoms with van der Waals surface area (Å²) >= 11 is -0.688. The summed E-state index contributed by atoms with van der Waals surface area (Å²) in [6, 6.07) is 0. The van der Waals surface area contributed by atoms with Crippen LogP contribution in [0.25, 0.3) is 0 Å². The first-order valence-electron chi connectivity index (χ1n) is 3.68. The zero-order valence-electron chi connectivity index (χ0n) is 6.74. The van der Waals surface area contributed by atoms with Crippen molar-refractivity contribution in [1.29, 1.82) is 0 Å². The molecule has 0 saturated carbocycles. The SMILES string of the molecule is CC[CH2][Sn]([CH2]C)[CH2]C.Cl. The predicted molar refractivity (Wildman–Crippen MR) is 49.1 cm³/mol. The summed E-state index contributed by atoms with van der Waals surface area (Å²) in [5.41, 5.74) is 0. The first kappa shape index (κ1) is 12.7. The molecule has 9 heavy (non-hydrogen) atoms. The van der Waals surface area contributed by atoms with Crippen molar-refractivity contribution in [1.82, 2.24) is 0 Å². The van der Waals surface area contributed by atoms with Crippen LogP contribution in [0.3, 0.4) is 0 Å². The van der Waals surface area contributed by atoms with E-state index >= 15 is 0 Å². The number of hydrogen-bond acceptors (Lipinski definition) is 0. The van der Waals surface area contributed by atoms with E-state index in [-0.39, 0.29) is 12.4 Å². The van der Waals surface area contributed by atoms with Gasteiger partial charge in [-0.2, -0.15) is 0 Å². The second-order valence-electron chi connectivity index (χ2n) is 2.21. The van der Waals surface area contributed by atoms with Crippen LogP contribution in [0.2, 0.25) is 13.3 Å². The van der Waals surface area contributed by atoms with Gasteiger partial charge in [-0.1, -0.05) is 0 Å². The maximum absolute atomic E-state index is 2.37. The van der Waals surface area contributed by atoms with Gasteiger partial charge < -0.3 is 0 Å². The van der Waals surface area contributed by atoms with E-state index in [0.29, 0.717) is 0 Å². The molecule has 0 fully saturated rings. The second-order valence-corrected chi connectivity index (χ2v) is 12.0. The molecule has 0 aromatic rings. The fraction of sp³-hybridized carbons (Fsp3) is 1.00. The molecule has 0 amide bonds. The Bertz CT molecular complexity index is 44.2. The van der Waals surface area contributed by atoms with Gasteiger partial charge in [0.2, 0.25) is 0 Å². The standard InChI is InChI=1S/C3H7.2C2H5.ClH.Sn/c1-3-2;2*1-2;;/h1,3H2,2H3;2*1H2,2H3;1H;. The van der Waals surface area contributed by atoms with E-state index in [4.69, 9.17) is 0 Å². The van der Waals surface area contributed by atoms with Crippen molar-refractivity contribution in [3.8, 4) is 0 Å². The van der Waals surface area contributed by atoms with Gasteiger partial charge in [-0.15, -0.1) is 12.4 Å². The van der Waals surface area contributed by atoms with E-state index in [2.05, 4.69) is 20.8 Å². The second kappa shape index (κ2) is 9.09. The van der Waals surface area contributed by atoms with Crippen molar-refractivity contribution in [2.24, 2.45) is 0 Å². The van der Waals surface area contributed by atoms with Gasteiger partial charge in [-0.25, -0.2) is 0 Å². The zero-order valence-corrected chi connectivity index (χ0v) is 10.4. The van der Waals surface area contributed by atoms with Crippen LogP contribution >= 0.6 is 12.4 Å². The van der Waals surface area contributed by atoms with E-state index in [1.807, 2.05) is 0 Å². The Balaban J connectivity index is 0. The molecular formula is C7H18ClSn. The summed E-state index contributed by atoms with van der Waals surface area (Å²) in [4.78, 5) is 0. The first-order valence-corrected chi connectivity index (χ1v) is 9.74. The maximum atomic E-state index is 2.37. The molecule has 2 heteroatoms. The quantitative estimate of drug-likeness (QED) is 0.677. The van der Waals surface area contributed by atoms with Gasteiger partial charge in [0.1, 0.15) is 0 Å². The summed E-state index contributed by atoms with van der Waals surface area (Å²) in [5.74, 6) is 0. The van der Waals surface area contributed by atoms with E-state index in [1.165, 1.54) is 6.42 Å². The molecule has 57 valence electrons. The molecule has 0 aromatic heterocycles. The number of halogens is 1. The molecule has 0 nitrogen and oxygen atoms in total. The number of hydrogen-bond donors (Lipinski definition) is 0. The van der Waals surface area contributed by atoms with Gasteiger partial charge in [0, 0.05) is 0 Å². The molecule has 0 unspecified atom stereocenters. The molecule has 0 aliphatic rings. The molecule has 0 bridgehead atoms. The Morgan fingerprint density at radius 3 is 1.56 bits per heavy atom. The molecule has 0 heterocycles. The normalized spacial score (nSPS) is 9.33. The smallest absolute Gasteiger partial charge is 0.147 e. The van der Waals surface area contributed by atoms with Crippen LogP contribution in [0.15, 0.2) is 0 Å². The summed E-state index contributed by atoms with van der Waals surface area (Å²) in [6.07, 6.45) is 1.44.